The normalized spacial score (nSPS) is 10.5. The van der Waals surface area contributed by atoms with Crippen molar-refractivity contribution in [3.8, 4) is 0 Å². The van der Waals surface area contributed by atoms with Crippen LogP contribution in [0.4, 0.5) is 0 Å². The third-order valence-corrected chi connectivity index (χ3v) is 3.33. The molecule has 3 rings (SSSR count). The zero-order chi connectivity index (χ0) is 14.7. The molecular weight excluding hydrogens is 262 g/mol. The van der Waals surface area contributed by atoms with E-state index in [1.165, 1.54) is 0 Å². The lowest BCUT2D eigenvalue weighted by molar-refractivity contribution is 0.0785. The lowest BCUT2D eigenvalue weighted by Crippen LogP contribution is -2.26. The third-order valence-electron chi connectivity index (χ3n) is 3.33. The zero-order valence-electron chi connectivity index (χ0n) is 11.7. The number of fused-ring (bicyclic) bond motifs is 1. The molecule has 1 amide bonds. The number of rotatable bonds is 3. The van der Waals surface area contributed by atoms with Crippen molar-refractivity contribution in [2.75, 3.05) is 7.05 Å². The van der Waals surface area contributed by atoms with Crippen LogP contribution < -0.4 is 0 Å². The van der Waals surface area contributed by atoms with Gasteiger partial charge in [-0.3, -0.25) is 14.8 Å². The number of benzene rings is 2. The van der Waals surface area contributed by atoms with Gasteiger partial charge in [0.2, 0.25) is 0 Å². The highest BCUT2D eigenvalue weighted by molar-refractivity contribution is 5.97. The van der Waals surface area contributed by atoms with Gasteiger partial charge in [-0.05, 0) is 23.8 Å². The Morgan fingerprint density at radius 3 is 2.48 bits per heavy atom. The van der Waals surface area contributed by atoms with Crippen molar-refractivity contribution in [1.29, 1.82) is 0 Å². The van der Waals surface area contributed by atoms with Gasteiger partial charge in [0.05, 0.1) is 11.0 Å². The summed E-state index contributed by atoms with van der Waals surface area (Å²) in [4.78, 5) is 22.6. The maximum Gasteiger partial charge on any atom is 0.253 e. The fraction of sp³-hybridized carbons (Fsp3) is 0.118. The summed E-state index contributed by atoms with van der Waals surface area (Å²) in [5.74, 6) is -0.0218. The first-order valence-electron chi connectivity index (χ1n) is 6.74. The molecule has 0 spiro atoms. The van der Waals surface area contributed by atoms with Crippen LogP contribution in [0.2, 0.25) is 0 Å². The highest BCUT2D eigenvalue weighted by Gasteiger charge is 2.12. The molecule has 0 atom stereocenters. The van der Waals surface area contributed by atoms with Crippen LogP contribution in [0, 0.1) is 0 Å². The Labute approximate surface area is 123 Å². The van der Waals surface area contributed by atoms with E-state index in [0.29, 0.717) is 12.1 Å². The van der Waals surface area contributed by atoms with Crippen molar-refractivity contribution < 1.29 is 4.79 Å². The summed E-state index contributed by atoms with van der Waals surface area (Å²) in [5.41, 5.74) is 3.26. The van der Waals surface area contributed by atoms with Gasteiger partial charge >= 0.3 is 0 Å². The highest BCUT2D eigenvalue weighted by atomic mass is 16.2. The SMILES string of the molecule is CN(Cc1ccccc1)C(=O)c1ccc2nccnc2c1. The quantitative estimate of drug-likeness (QED) is 0.739. The first-order valence-corrected chi connectivity index (χ1v) is 6.74. The van der Waals surface area contributed by atoms with Crippen molar-refractivity contribution in [3.05, 3.63) is 72.1 Å². The van der Waals surface area contributed by atoms with Gasteiger partial charge < -0.3 is 4.90 Å². The number of carbonyl (C=O) groups excluding carboxylic acids is 1. The first kappa shape index (κ1) is 13.2. The Kier molecular flexibility index (Phi) is 3.60. The van der Waals surface area contributed by atoms with E-state index in [9.17, 15) is 4.79 Å². The van der Waals surface area contributed by atoms with Gasteiger partial charge in [-0.2, -0.15) is 0 Å². The van der Waals surface area contributed by atoms with E-state index in [1.54, 1.807) is 36.5 Å². The summed E-state index contributed by atoms with van der Waals surface area (Å²) in [6.45, 7) is 0.582. The molecule has 4 nitrogen and oxygen atoms in total. The topological polar surface area (TPSA) is 46.1 Å². The standard InChI is InChI=1S/C17H15N3O/c1-20(12-13-5-3-2-4-6-13)17(21)14-7-8-15-16(11-14)19-10-9-18-15/h2-11H,12H2,1H3. The van der Waals surface area contributed by atoms with Crippen LogP contribution >= 0.6 is 0 Å². The molecule has 0 fully saturated rings. The van der Waals surface area contributed by atoms with E-state index in [4.69, 9.17) is 0 Å². The predicted molar refractivity (Wildman–Crippen MR) is 81.8 cm³/mol. The molecule has 0 aliphatic heterocycles. The van der Waals surface area contributed by atoms with Crippen LogP contribution in [-0.4, -0.2) is 27.8 Å². The van der Waals surface area contributed by atoms with Crippen LogP contribution in [0.1, 0.15) is 15.9 Å². The van der Waals surface area contributed by atoms with E-state index in [2.05, 4.69) is 9.97 Å². The fourth-order valence-electron chi connectivity index (χ4n) is 2.25. The van der Waals surface area contributed by atoms with Crippen molar-refractivity contribution >= 4 is 16.9 Å². The molecule has 2 aromatic carbocycles. The summed E-state index contributed by atoms with van der Waals surface area (Å²) in [7, 11) is 1.80. The summed E-state index contributed by atoms with van der Waals surface area (Å²) in [6, 6.07) is 15.3. The van der Waals surface area contributed by atoms with Crippen molar-refractivity contribution in [2.24, 2.45) is 0 Å². The van der Waals surface area contributed by atoms with Gasteiger partial charge in [0.15, 0.2) is 0 Å². The van der Waals surface area contributed by atoms with Crippen LogP contribution in [0.5, 0.6) is 0 Å². The molecule has 3 aromatic rings. The van der Waals surface area contributed by atoms with Crippen LogP contribution in [0.15, 0.2) is 60.9 Å². The fourth-order valence-corrected chi connectivity index (χ4v) is 2.25. The number of hydrogen-bond acceptors (Lipinski definition) is 3. The maximum atomic E-state index is 12.5. The van der Waals surface area contributed by atoms with Gasteiger partial charge in [-0.1, -0.05) is 30.3 Å². The molecule has 0 unspecified atom stereocenters. The van der Waals surface area contributed by atoms with Gasteiger partial charge in [-0.25, -0.2) is 0 Å². The Hall–Kier alpha value is -2.75. The van der Waals surface area contributed by atoms with Crippen LogP contribution in [0.25, 0.3) is 11.0 Å². The maximum absolute atomic E-state index is 12.5. The molecule has 0 aliphatic rings. The third kappa shape index (κ3) is 2.89. The van der Waals surface area contributed by atoms with E-state index < -0.39 is 0 Å². The summed E-state index contributed by atoms with van der Waals surface area (Å²) >= 11 is 0. The van der Waals surface area contributed by atoms with Crippen LogP contribution in [-0.2, 0) is 6.54 Å². The molecule has 104 valence electrons. The van der Waals surface area contributed by atoms with Crippen molar-refractivity contribution in [3.63, 3.8) is 0 Å². The molecule has 0 saturated carbocycles. The monoisotopic (exact) mass is 277 g/mol. The highest BCUT2D eigenvalue weighted by Crippen LogP contribution is 2.13. The number of carbonyl (C=O) groups is 1. The second-order valence-corrected chi connectivity index (χ2v) is 4.91. The average molecular weight is 277 g/mol. The van der Waals surface area contributed by atoms with E-state index in [-0.39, 0.29) is 5.91 Å². The summed E-state index contributed by atoms with van der Waals surface area (Å²) in [6.07, 6.45) is 3.27. The minimum atomic E-state index is -0.0218. The molecule has 0 radical (unpaired) electrons. The number of nitrogens with zero attached hydrogens (tertiary/aromatic N) is 3. The van der Waals surface area contributed by atoms with Gasteiger partial charge in [0.1, 0.15) is 0 Å². The number of aromatic nitrogens is 2. The molecule has 1 aromatic heterocycles. The summed E-state index contributed by atoms with van der Waals surface area (Å²) in [5, 5.41) is 0. The molecule has 0 saturated heterocycles. The number of hydrogen-bond donors (Lipinski definition) is 0. The molecule has 0 bridgehead atoms. The minimum absolute atomic E-state index is 0.0218. The predicted octanol–water partition coefficient (Wildman–Crippen LogP) is 2.90. The van der Waals surface area contributed by atoms with Gasteiger partial charge in [0, 0.05) is 31.5 Å². The number of amides is 1. The molecule has 0 N–H and O–H groups in total. The molecule has 21 heavy (non-hydrogen) atoms. The molecule has 0 aliphatic carbocycles. The molecule has 1 heterocycles. The van der Waals surface area contributed by atoms with Crippen LogP contribution in [0.3, 0.4) is 0 Å². The second kappa shape index (κ2) is 5.71. The average Bonchev–Trinajstić information content (AvgIpc) is 2.54. The van der Waals surface area contributed by atoms with E-state index >= 15 is 0 Å². The zero-order valence-corrected chi connectivity index (χ0v) is 11.7. The minimum Gasteiger partial charge on any atom is -0.337 e. The largest absolute Gasteiger partial charge is 0.337 e. The Morgan fingerprint density at radius 2 is 1.71 bits per heavy atom. The molecule has 4 heteroatoms. The smallest absolute Gasteiger partial charge is 0.253 e. The van der Waals surface area contributed by atoms with E-state index in [0.717, 1.165) is 16.6 Å². The van der Waals surface area contributed by atoms with Crippen molar-refractivity contribution in [2.45, 2.75) is 6.54 Å². The van der Waals surface area contributed by atoms with E-state index in [1.807, 2.05) is 36.4 Å². The lowest BCUT2D eigenvalue weighted by Gasteiger charge is -2.17. The first-order chi connectivity index (χ1) is 10.2. The van der Waals surface area contributed by atoms with Crippen molar-refractivity contribution in [1.82, 2.24) is 14.9 Å². The summed E-state index contributed by atoms with van der Waals surface area (Å²) < 4.78 is 0. The molecular formula is C17H15N3O. The Bertz CT molecular complexity index is 771. The Morgan fingerprint density at radius 1 is 1.00 bits per heavy atom. The van der Waals surface area contributed by atoms with Gasteiger partial charge in [0.25, 0.3) is 5.91 Å². The second-order valence-electron chi connectivity index (χ2n) is 4.91. The van der Waals surface area contributed by atoms with Gasteiger partial charge in [-0.15, -0.1) is 0 Å². The Balaban J connectivity index is 1.82. The lowest BCUT2D eigenvalue weighted by atomic mass is 10.1.